The number of likely N-dealkylation sites (tertiary alicyclic amines) is 1. The van der Waals surface area contributed by atoms with Crippen molar-refractivity contribution in [3.8, 4) is 17.2 Å². The summed E-state index contributed by atoms with van der Waals surface area (Å²) in [5.74, 6) is 2.10. The van der Waals surface area contributed by atoms with Gasteiger partial charge in [0.2, 0.25) is 17.6 Å². The maximum absolute atomic E-state index is 12.6. The Hall–Kier alpha value is -2.48. The number of hydrogen-bond acceptors (Lipinski definition) is 6. The van der Waals surface area contributed by atoms with Gasteiger partial charge >= 0.3 is 0 Å². The van der Waals surface area contributed by atoms with Crippen LogP contribution in [-0.2, 0) is 20.7 Å². The number of carbonyl (C=O) groups excluding carboxylic acids is 2. The summed E-state index contributed by atoms with van der Waals surface area (Å²) in [6.45, 7) is 2.07. The number of piperidine rings is 1. The Kier molecular flexibility index (Phi) is 6.79. The molecule has 2 aliphatic heterocycles. The summed E-state index contributed by atoms with van der Waals surface area (Å²) in [5.41, 5.74) is 0.653. The molecule has 2 saturated heterocycles. The van der Waals surface area contributed by atoms with E-state index in [0.29, 0.717) is 29.7 Å². The zero-order valence-corrected chi connectivity index (χ0v) is 19.3. The molecule has 8 heteroatoms. The van der Waals surface area contributed by atoms with Crippen LogP contribution in [0.15, 0.2) is 12.1 Å². The van der Waals surface area contributed by atoms with Crippen LogP contribution in [0.2, 0.25) is 0 Å². The fourth-order valence-electron chi connectivity index (χ4n) is 4.84. The topological polar surface area (TPSA) is 86.3 Å². The molecule has 8 nitrogen and oxygen atoms in total. The molecule has 1 N–H and O–H groups in total. The first kappa shape index (κ1) is 22.7. The van der Waals surface area contributed by atoms with Gasteiger partial charge in [-0.1, -0.05) is 0 Å². The molecule has 0 radical (unpaired) electrons. The van der Waals surface area contributed by atoms with Gasteiger partial charge in [0.25, 0.3) is 0 Å². The number of carbonyl (C=O) groups is 2. The van der Waals surface area contributed by atoms with E-state index in [9.17, 15) is 9.59 Å². The molecule has 176 valence electrons. The third-order valence-electron chi connectivity index (χ3n) is 6.87. The lowest BCUT2D eigenvalue weighted by molar-refractivity contribution is -0.139. The van der Waals surface area contributed by atoms with Gasteiger partial charge in [-0.3, -0.25) is 9.59 Å². The maximum Gasteiger partial charge on any atom is 0.225 e. The molecule has 0 aromatic heterocycles. The van der Waals surface area contributed by atoms with Gasteiger partial charge in [0.15, 0.2) is 11.5 Å². The van der Waals surface area contributed by atoms with E-state index in [1.807, 2.05) is 4.90 Å². The molecule has 1 saturated carbocycles. The second kappa shape index (κ2) is 9.57. The lowest BCUT2D eigenvalue weighted by atomic mass is 9.88. The molecule has 1 aromatic rings. The second-order valence-electron chi connectivity index (χ2n) is 9.08. The van der Waals surface area contributed by atoms with E-state index in [-0.39, 0.29) is 30.0 Å². The molecule has 0 unspecified atom stereocenters. The molecule has 1 atom stereocenters. The smallest absolute Gasteiger partial charge is 0.225 e. The van der Waals surface area contributed by atoms with Crippen LogP contribution >= 0.6 is 0 Å². The third kappa shape index (κ3) is 4.95. The monoisotopic (exact) mass is 446 g/mol. The van der Waals surface area contributed by atoms with Gasteiger partial charge in [-0.15, -0.1) is 0 Å². The van der Waals surface area contributed by atoms with E-state index in [2.05, 4.69) is 5.32 Å². The predicted molar refractivity (Wildman–Crippen MR) is 118 cm³/mol. The average molecular weight is 447 g/mol. The molecule has 4 rings (SSSR count). The van der Waals surface area contributed by atoms with Crippen molar-refractivity contribution < 1.29 is 28.5 Å². The second-order valence-corrected chi connectivity index (χ2v) is 9.08. The highest BCUT2D eigenvalue weighted by molar-refractivity contribution is 5.81. The Bertz CT molecular complexity index is 820. The van der Waals surface area contributed by atoms with Crippen LogP contribution in [0, 0.1) is 5.92 Å². The molecule has 0 bridgehead atoms. The number of hydrogen-bond donors (Lipinski definition) is 1. The van der Waals surface area contributed by atoms with Crippen LogP contribution in [0.25, 0.3) is 0 Å². The van der Waals surface area contributed by atoms with Gasteiger partial charge in [0.1, 0.15) is 0 Å². The van der Waals surface area contributed by atoms with E-state index < -0.39 is 0 Å². The molecule has 2 heterocycles. The third-order valence-corrected chi connectivity index (χ3v) is 6.87. The van der Waals surface area contributed by atoms with Gasteiger partial charge < -0.3 is 29.2 Å². The number of nitrogens with zero attached hydrogens (tertiary/aromatic N) is 1. The summed E-state index contributed by atoms with van der Waals surface area (Å²) in [5, 5.41) is 3.01. The Morgan fingerprint density at radius 3 is 2.25 bits per heavy atom. The number of rotatable bonds is 8. The van der Waals surface area contributed by atoms with Crippen molar-refractivity contribution in [2.75, 3.05) is 41.0 Å². The van der Waals surface area contributed by atoms with Crippen molar-refractivity contribution in [3.63, 3.8) is 0 Å². The van der Waals surface area contributed by atoms with Gasteiger partial charge in [-0.25, -0.2) is 0 Å². The Morgan fingerprint density at radius 2 is 1.69 bits per heavy atom. The van der Waals surface area contributed by atoms with Crippen molar-refractivity contribution in [1.82, 2.24) is 10.2 Å². The Balaban J connectivity index is 1.25. The lowest BCUT2D eigenvalue weighted by Gasteiger charge is -2.39. The summed E-state index contributed by atoms with van der Waals surface area (Å²) in [6.07, 6.45) is 6.04. The van der Waals surface area contributed by atoms with Crippen LogP contribution in [0.4, 0.5) is 0 Å². The van der Waals surface area contributed by atoms with Gasteiger partial charge in [-0.2, -0.15) is 0 Å². The van der Waals surface area contributed by atoms with Crippen LogP contribution < -0.4 is 19.5 Å². The molecule has 2 amide bonds. The SMILES string of the molecule is COc1cc(CC(=O)NC[C@H]2CCC3(CCN(C(=O)C4CC4)CC3)O2)cc(OC)c1OC. The van der Waals surface area contributed by atoms with E-state index in [1.54, 1.807) is 33.5 Å². The van der Waals surface area contributed by atoms with Gasteiger partial charge in [-0.05, 0) is 56.2 Å². The first-order valence-corrected chi connectivity index (χ1v) is 11.5. The number of amides is 2. The quantitative estimate of drug-likeness (QED) is 0.660. The first-order chi connectivity index (χ1) is 15.5. The summed E-state index contributed by atoms with van der Waals surface area (Å²) in [4.78, 5) is 26.9. The van der Waals surface area contributed by atoms with Crippen molar-refractivity contribution in [1.29, 1.82) is 0 Å². The van der Waals surface area contributed by atoms with Gasteiger partial charge in [0.05, 0.1) is 39.5 Å². The van der Waals surface area contributed by atoms with E-state index in [0.717, 1.165) is 57.2 Å². The van der Waals surface area contributed by atoms with Crippen molar-refractivity contribution in [2.24, 2.45) is 5.92 Å². The number of benzene rings is 1. The molecule has 3 aliphatic rings. The van der Waals surface area contributed by atoms with E-state index in [4.69, 9.17) is 18.9 Å². The van der Waals surface area contributed by atoms with Crippen molar-refractivity contribution in [2.45, 2.75) is 56.7 Å². The average Bonchev–Trinajstić information content (AvgIpc) is 3.59. The zero-order valence-electron chi connectivity index (χ0n) is 19.3. The Morgan fingerprint density at radius 1 is 1.03 bits per heavy atom. The summed E-state index contributed by atoms with van der Waals surface area (Å²) < 4.78 is 22.4. The summed E-state index contributed by atoms with van der Waals surface area (Å²) >= 11 is 0. The predicted octanol–water partition coefficient (Wildman–Crippen LogP) is 2.32. The molecule has 3 fully saturated rings. The van der Waals surface area contributed by atoms with Crippen LogP contribution in [0.5, 0.6) is 17.2 Å². The number of ether oxygens (including phenoxy) is 4. The Labute approximate surface area is 189 Å². The van der Waals surface area contributed by atoms with Crippen molar-refractivity contribution in [3.05, 3.63) is 17.7 Å². The minimum atomic E-state index is -0.132. The fourth-order valence-corrected chi connectivity index (χ4v) is 4.84. The van der Waals surface area contributed by atoms with E-state index >= 15 is 0 Å². The number of nitrogens with one attached hydrogen (secondary N) is 1. The normalized spacial score (nSPS) is 22.0. The van der Waals surface area contributed by atoms with Crippen LogP contribution in [0.1, 0.15) is 44.1 Å². The molecule has 1 aromatic carbocycles. The van der Waals surface area contributed by atoms with Crippen LogP contribution in [0.3, 0.4) is 0 Å². The molecular formula is C24H34N2O6. The highest BCUT2D eigenvalue weighted by Gasteiger charge is 2.44. The largest absolute Gasteiger partial charge is 0.493 e. The summed E-state index contributed by atoms with van der Waals surface area (Å²) in [7, 11) is 4.66. The standard InChI is InChI=1S/C24H34N2O6/c1-29-19-12-16(13-20(30-2)22(19)31-3)14-21(27)25-15-18-6-7-24(32-18)8-10-26(11-9-24)23(28)17-4-5-17/h12-13,17-18H,4-11,14-15H2,1-3H3,(H,25,27)/t18-/m1/s1. The minimum Gasteiger partial charge on any atom is -0.493 e. The van der Waals surface area contributed by atoms with Crippen LogP contribution in [-0.4, -0.2) is 69.4 Å². The highest BCUT2D eigenvalue weighted by Crippen LogP contribution is 2.41. The highest BCUT2D eigenvalue weighted by atomic mass is 16.5. The lowest BCUT2D eigenvalue weighted by Crippen LogP contribution is -2.47. The van der Waals surface area contributed by atoms with E-state index in [1.165, 1.54) is 0 Å². The summed E-state index contributed by atoms with van der Waals surface area (Å²) in [6, 6.07) is 3.58. The molecular weight excluding hydrogens is 412 g/mol. The zero-order chi connectivity index (χ0) is 22.7. The maximum atomic E-state index is 12.6. The minimum absolute atomic E-state index is 0.0181. The van der Waals surface area contributed by atoms with Gasteiger partial charge in [0, 0.05) is 25.6 Å². The first-order valence-electron chi connectivity index (χ1n) is 11.5. The van der Waals surface area contributed by atoms with Crippen molar-refractivity contribution >= 4 is 11.8 Å². The number of methoxy groups -OCH3 is 3. The molecule has 1 aliphatic carbocycles. The molecule has 1 spiro atoms. The molecule has 32 heavy (non-hydrogen) atoms. The fraction of sp³-hybridized carbons (Fsp3) is 0.667.